The van der Waals surface area contributed by atoms with Gasteiger partial charge in [-0.05, 0) is 27.8 Å². The fourth-order valence-corrected chi connectivity index (χ4v) is 4.98. The van der Waals surface area contributed by atoms with E-state index in [4.69, 9.17) is 13.3 Å². The van der Waals surface area contributed by atoms with E-state index >= 15 is 0 Å². The number of hydrogen-bond donors (Lipinski definition) is 0. The molecule has 0 spiro atoms. The first-order chi connectivity index (χ1) is 7.70. The van der Waals surface area contributed by atoms with E-state index < -0.39 is 8.80 Å². The second kappa shape index (κ2) is 6.51. The van der Waals surface area contributed by atoms with Crippen LogP contribution in [-0.4, -0.2) is 52.8 Å². The van der Waals surface area contributed by atoms with Gasteiger partial charge in [-0.25, -0.2) is 0 Å². The third-order valence-electron chi connectivity index (χ3n) is 2.59. The van der Waals surface area contributed by atoms with Crippen LogP contribution < -0.4 is 0 Å². The highest BCUT2D eigenvalue weighted by atomic mass is 28.4. The molecule has 5 heteroatoms. The van der Waals surface area contributed by atoms with Crippen molar-refractivity contribution in [2.75, 3.05) is 33.4 Å². The molecule has 0 fully saturated rings. The van der Waals surface area contributed by atoms with Gasteiger partial charge in [-0.15, -0.1) is 0 Å². The van der Waals surface area contributed by atoms with Gasteiger partial charge in [0.25, 0.3) is 0 Å². The van der Waals surface area contributed by atoms with E-state index in [2.05, 4.69) is 24.1 Å². The van der Waals surface area contributed by atoms with Gasteiger partial charge in [-0.2, -0.15) is 0 Å². The summed E-state index contributed by atoms with van der Waals surface area (Å²) in [5.41, 5.74) is 0.160. The van der Waals surface area contributed by atoms with Crippen LogP contribution >= 0.6 is 0 Å². The zero-order valence-electron chi connectivity index (χ0n) is 10.7. The normalized spacial score (nSPS) is 21.9. The van der Waals surface area contributed by atoms with Crippen LogP contribution in [0.15, 0.2) is 12.2 Å². The van der Waals surface area contributed by atoms with Crippen LogP contribution in [-0.2, 0) is 13.3 Å². The van der Waals surface area contributed by atoms with Crippen LogP contribution in [0.3, 0.4) is 0 Å². The van der Waals surface area contributed by atoms with Crippen molar-refractivity contribution in [3.63, 3.8) is 0 Å². The maximum absolute atomic E-state index is 5.87. The molecule has 94 valence electrons. The lowest BCUT2D eigenvalue weighted by molar-refractivity contribution is 0.0515. The molecule has 0 saturated carbocycles. The second-order valence-corrected chi connectivity index (χ2v) is 6.38. The molecule has 4 nitrogen and oxygen atoms in total. The maximum Gasteiger partial charge on any atom is 0.523 e. The van der Waals surface area contributed by atoms with E-state index in [0.29, 0.717) is 19.8 Å². The summed E-state index contributed by atoms with van der Waals surface area (Å²) in [4.78, 5) is 2.22. The first-order valence-corrected chi connectivity index (χ1v) is 7.79. The van der Waals surface area contributed by atoms with Gasteiger partial charge < -0.3 is 13.3 Å². The molecule has 0 aliphatic carbocycles. The molecule has 0 aromatic rings. The van der Waals surface area contributed by atoms with Gasteiger partial charge in [-0.3, -0.25) is 4.90 Å². The summed E-state index contributed by atoms with van der Waals surface area (Å²) in [6.07, 6.45) is 4.29. The van der Waals surface area contributed by atoms with E-state index in [9.17, 15) is 0 Å². The number of rotatable bonds is 7. The van der Waals surface area contributed by atoms with E-state index in [-0.39, 0.29) is 5.67 Å². The Labute approximate surface area is 99.5 Å². The predicted molar refractivity (Wildman–Crippen MR) is 66.2 cm³/mol. The second-order valence-electron chi connectivity index (χ2n) is 3.72. The Hall–Kier alpha value is -0.203. The minimum Gasteiger partial charge on any atom is -0.373 e. The summed E-state index contributed by atoms with van der Waals surface area (Å²) in [6.45, 7) is 8.78. The summed E-state index contributed by atoms with van der Waals surface area (Å²) in [7, 11) is -0.514. The molecule has 0 amide bonds. The fraction of sp³-hybridized carbons (Fsp3) is 0.818. The molecule has 1 atom stereocenters. The molecule has 1 aliphatic heterocycles. The molecular weight excluding hydrogens is 222 g/mol. The highest BCUT2D eigenvalue weighted by Gasteiger charge is 2.51. The molecule has 1 aliphatic rings. The van der Waals surface area contributed by atoms with Gasteiger partial charge in [0.15, 0.2) is 0 Å². The summed E-state index contributed by atoms with van der Waals surface area (Å²) < 4.78 is 17.6. The zero-order valence-corrected chi connectivity index (χ0v) is 11.7. The van der Waals surface area contributed by atoms with Crippen molar-refractivity contribution in [2.24, 2.45) is 0 Å². The topological polar surface area (TPSA) is 30.9 Å². The van der Waals surface area contributed by atoms with E-state index in [1.54, 1.807) is 0 Å². The first kappa shape index (κ1) is 13.9. The Morgan fingerprint density at radius 2 is 1.62 bits per heavy atom. The average molecular weight is 245 g/mol. The molecule has 0 aromatic carbocycles. The van der Waals surface area contributed by atoms with Crippen molar-refractivity contribution in [3.8, 4) is 0 Å². The number of nitrogens with zero attached hydrogens (tertiary/aromatic N) is 1. The summed E-state index contributed by atoms with van der Waals surface area (Å²) in [5.74, 6) is 0. The van der Waals surface area contributed by atoms with Crippen LogP contribution in [0.2, 0.25) is 0 Å². The van der Waals surface area contributed by atoms with E-state index in [1.165, 1.54) is 0 Å². The lowest BCUT2D eigenvalue weighted by Crippen LogP contribution is -2.60. The highest BCUT2D eigenvalue weighted by Crippen LogP contribution is 2.23. The summed E-state index contributed by atoms with van der Waals surface area (Å²) in [5, 5.41) is 0. The van der Waals surface area contributed by atoms with Gasteiger partial charge in [-0.1, -0.05) is 12.2 Å². The monoisotopic (exact) mass is 245 g/mol. The van der Waals surface area contributed by atoms with Crippen LogP contribution in [0.25, 0.3) is 0 Å². The number of hydrogen-bond acceptors (Lipinski definition) is 4. The Morgan fingerprint density at radius 1 is 1.12 bits per heavy atom. The van der Waals surface area contributed by atoms with E-state index in [0.717, 1.165) is 6.54 Å². The number of likely N-dealkylation sites (N-methyl/N-ethyl adjacent to an activating group) is 1. The summed E-state index contributed by atoms with van der Waals surface area (Å²) in [6, 6.07) is 0. The molecule has 0 aromatic heterocycles. The molecule has 0 N–H and O–H groups in total. The van der Waals surface area contributed by atoms with Gasteiger partial charge >= 0.3 is 8.80 Å². The van der Waals surface area contributed by atoms with Crippen LogP contribution in [0.1, 0.15) is 20.8 Å². The fourth-order valence-electron chi connectivity index (χ4n) is 1.99. The van der Waals surface area contributed by atoms with E-state index in [1.807, 2.05) is 20.8 Å². The average Bonchev–Trinajstić information content (AvgIpc) is 2.66. The van der Waals surface area contributed by atoms with Gasteiger partial charge in [0.1, 0.15) is 0 Å². The molecule has 0 bridgehead atoms. The van der Waals surface area contributed by atoms with Crippen LogP contribution in [0.5, 0.6) is 0 Å². The zero-order chi connectivity index (χ0) is 12.0. The van der Waals surface area contributed by atoms with Crippen molar-refractivity contribution in [2.45, 2.75) is 26.4 Å². The van der Waals surface area contributed by atoms with Gasteiger partial charge in [0.05, 0.1) is 5.67 Å². The minimum atomic E-state index is -2.59. The Morgan fingerprint density at radius 3 is 1.94 bits per heavy atom. The standard InChI is InChI=1S/C11H23NO3Si/c1-5-13-16(14-6-2,15-7-3)11-9-8-10-12(11)4/h8-9,11H,5-7,10H2,1-4H3. The maximum atomic E-state index is 5.87. The van der Waals surface area contributed by atoms with Crippen molar-refractivity contribution in [1.29, 1.82) is 0 Å². The smallest absolute Gasteiger partial charge is 0.373 e. The molecule has 16 heavy (non-hydrogen) atoms. The Balaban J connectivity index is 2.84. The third-order valence-corrected chi connectivity index (χ3v) is 6.02. The lowest BCUT2D eigenvalue weighted by Gasteiger charge is -2.35. The third kappa shape index (κ3) is 2.92. The molecule has 0 radical (unpaired) electrons. The Kier molecular flexibility index (Phi) is 5.64. The molecule has 1 unspecified atom stereocenters. The van der Waals surface area contributed by atoms with Crippen molar-refractivity contribution < 1.29 is 13.3 Å². The quantitative estimate of drug-likeness (QED) is 0.502. The minimum absolute atomic E-state index is 0.160. The van der Waals surface area contributed by atoms with Crippen LogP contribution in [0.4, 0.5) is 0 Å². The molecule has 1 rings (SSSR count). The SMILES string of the molecule is CCO[Si](OCC)(OCC)C1C=CCN1C. The lowest BCUT2D eigenvalue weighted by atomic mass is 10.6. The van der Waals surface area contributed by atoms with Gasteiger partial charge in [0.2, 0.25) is 0 Å². The van der Waals surface area contributed by atoms with Crippen molar-refractivity contribution in [1.82, 2.24) is 4.90 Å². The van der Waals surface area contributed by atoms with Crippen molar-refractivity contribution >= 4 is 8.80 Å². The summed E-state index contributed by atoms with van der Waals surface area (Å²) >= 11 is 0. The van der Waals surface area contributed by atoms with Crippen molar-refractivity contribution in [3.05, 3.63) is 12.2 Å². The Bertz CT molecular complexity index is 218. The molecule has 1 heterocycles. The molecule has 0 saturated heterocycles. The highest BCUT2D eigenvalue weighted by molar-refractivity contribution is 6.63. The van der Waals surface area contributed by atoms with Gasteiger partial charge in [0, 0.05) is 26.4 Å². The van der Waals surface area contributed by atoms with Crippen LogP contribution in [0, 0.1) is 0 Å². The molecular formula is C11H23NO3Si. The predicted octanol–water partition coefficient (Wildman–Crippen LogP) is 1.44. The largest absolute Gasteiger partial charge is 0.523 e. The first-order valence-electron chi connectivity index (χ1n) is 5.98.